The van der Waals surface area contributed by atoms with Gasteiger partial charge in [-0.1, -0.05) is 15.9 Å². The summed E-state index contributed by atoms with van der Waals surface area (Å²) in [5.74, 6) is -0.452. The fourth-order valence-corrected chi connectivity index (χ4v) is 2.72. The van der Waals surface area contributed by atoms with Gasteiger partial charge in [0, 0.05) is 36.6 Å². The number of nitro groups is 1. The van der Waals surface area contributed by atoms with Crippen molar-refractivity contribution >= 4 is 33.4 Å². The summed E-state index contributed by atoms with van der Waals surface area (Å²) in [5, 5.41) is 13.9. The van der Waals surface area contributed by atoms with Crippen LogP contribution in [0.4, 0.5) is 5.69 Å². The van der Waals surface area contributed by atoms with E-state index >= 15 is 0 Å². The van der Waals surface area contributed by atoms with E-state index in [0.29, 0.717) is 29.4 Å². The second-order valence-electron chi connectivity index (χ2n) is 4.84. The van der Waals surface area contributed by atoms with Gasteiger partial charge >= 0.3 is 0 Å². The molecule has 2 amide bonds. The predicted molar refractivity (Wildman–Crippen MR) is 78.4 cm³/mol. The molecule has 7 nitrogen and oxygen atoms in total. The van der Waals surface area contributed by atoms with Crippen LogP contribution < -0.4 is 5.32 Å². The average Bonchev–Trinajstić information content (AvgIpc) is 2.43. The van der Waals surface area contributed by atoms with Crippen LogP contribution in [-0.2, 0) is 16.1 Å². The summed E-state index contributed by atoms with van der Waals surface area (Å²) in [6.07, 6.45) is 0.761. The van der Waals surface area contributed by atoms with Crippen LogP contribution in [0, 0.1) is 10.1 Å². The zero-order valence-electron chi connectivity index (χ0n) is 11.3. The van der Waals surface area contributed by atoms with E-state index in [1.54, 1.807) is 6.07 Å². The van der Waals surface area contributed by atoms with Crippen molar-refractivity contribution in [1.29, 1.82) is 0 Å². The van der Waals surface area contributed by atoms with Crippen LogP contribution in [0.15, 0.2) is 22.7 Å². The Hall–Kier alpha value is -1.80. The third kappa shape index (κ3) is 3.64. The molecule has 1 saturated heterocycles. The molecule has 1 aromatic rings. The number of nitrogens with one attached hydrogen (secondary N) is 1. The molecule has 1 heterocycles. The van der Waals surface area contributed by atoms with Crippen molar-refractivity contribution < 1.29 is 14.5 Å². The number of carbonyl (C=O) groups excluding carboxylic acids is 2. The highest BCUT2D eigenvalue weighted by atomic mass is 79.9. The van der Waals surface area contributed by atoms with Crippen molar-refractivity contribution in [2.45, 2.75) is 25.4 Å². The smallest absolute Gasteiger partial charge is 0.270 e. The number of nitro benzene ring substituents is 1. The zero-order valence-corrected chi connectivity index (χ0v) is 12.9. The lowest BCUT2D eigenvalue weighted by Crippen LogP contribution is -2.51. The highest BCUT2D eigenvalue weighted by molar-refractivity contribution is 9.10. The zero-order chi connectivity index (χ0) is 15.6. The van der Waals surface area contributed by atoms with Crippen LogP contribution in [-0.4, -0.2) is 34.7 Å². The molecule has 1 aliphatic heterocycles. The summed E-state index contributed by atoms with van der Waals surface area (Å²) < 4.78 is 0.607. The first-order valence-corrected chi connectivity index (χ1v) is 7.15. The van der Waals surface area contributed by atoms with E-state index in [4.69, 9.17) is 0 Å². The molecular weight excluding hydrogens is 342 g/mol. The molecule has 0 spiro atoms. The molecule has 0 aromatic heterocycles. The van der Waals surface area contributed by atoms with Gasteiger partial charge < -0.3 is 5.32 Å². The molecular formula is C13H14BrN3O4. The summed E-state index contributed by atoms with van der Waals surface area (Å²) in [6.45, 7) is 0.318. The fourth-order valence-electron chi connectivity index (χ4n) is 2.19. The normalized spacial score (nSPS) is 19.0. The minimum atomic E-state index is -0.466. The van der Waals surface area contributed by atoms with Crippen molar-refractivity contribution in [3.63, 3.8) is 0 Å². The highest BCUT2D eigenvalue weighted by Crippen LogP contribution is 2.21. The molecule has 0 aliphatic carbocycles. The maximum atomic E-state index is 11.9. The van der Waals surface area contributed by atoms with E-state index < -0.39 is 11.0 Å². The number of benzene rings is 1. The molecule has 1 aliphatic rings. The van der Waals surface area contributed by atoms with E-state index in [1.165, 1.54) is 19.2 Å². The minimum Gasteiger partial charge on any atom is -0.302 e. The van der Waals surface area contributed by atoms with Gasteiger partial charge in [-0.15, -0.1) is 0 Å². The number of rotatable bonds is 4. The Morgan fingerprint density at radius 1 is 1.43 bits per heavy atom. The van der Waals surface area contributed by atoms with Gasteiger partial charge in [-0.25, -0.2) is 0 Å². The Kier molecular flexibility index (Phi) is 4.69. The molecule has 0 radical (unpaired) electrons. The number of hydrogen-bond acceptors (Lipinski definition) is 5. The first-order chi connectivity index (χ1) is 9.88. The van der Waals surface area contributed by atoms with Crippen LogP contribution in [0.5, 0.6) is 0 Å². The van der Waals surface area contributed by atoms with Crippen molar-refractivity contribution in [3.8, 4) is 0 Å². The van der Waals surface area contributed by atoms with Crippen LogP contribution in [0.3, 0.4) is 0 Å². The Morgan fingerprint density at radius 3 is 2.81 bits per heavy atom. The number of hydrogen-bond donors (Lipinski definition) is 1. The van der Waals surface area contributed by atoms with Gasteiger partial charge in [0.2, 0.25) is 11.8 Å². The van der Waals surface area contributed by atoms with Crippen molar-refractivity contribution in [2.75, 3.05) is 7.05 Å². The van der Waals surface area contributed by atoms with Gasteiger partial charge in [0.05, 0.1) is 11.0 Å². The second kappa shape index (κ2) is 6.31. The lowest BCUT2D eigenvalue weighted by atomic mass is 10.0. The summed E-state index contributed by atoms with van der Waals surface area (Å²) in [7, 11) is 1.46. The minimum absolute atomic E-state index is 0.0107. The second-order valence-corrected chi connectivity index (χ2v) is 5.75. The Labute approximate surface area is 129 Å². The molecule has 1 atom stereocenters. The number of nitrogens with zero attached hydrogens (tertiary/aromatic N) is 2. The Morgan fingerprint density at radius 2 is 2.14 bits per heavy atom. The van der Waals surface area contributed by atoms with Gasteiger partial charge in [0.15, 0.2) is 0 Å². The van der Waals surface area contributed by atoms with Crippen molar-refractivity contribution in [2.24, 2.45) is 0 Å². The van der Waals surface area contributed by atoms with E-state index in [9.17, 15) is 19.7 Å². The van der Waals surface area contributed by atoms with Gasteiger partial charge in [-0.3, -0.25) is 24.6 Å². The van der Waals surface area contributed by atoms with E-state index in [2.05, 4.69) is 21.2 Å². The van der Waals surface area contributed by atoms with Gasteiger partial charge in [-0.05, 0) is 18.1 Å². The number of amides is 2. The molecule has 1 fully saturated rings. The molecule has 0 bridgehead atoms. The Bertz CT molecular complexity index is 605. The van der Waals surface area contributed by atoms with Crippen LogP contribution in [0.1, 0.15) is 18.4 Å². The quantitative estimate of drug-likeness (QED) is 0.503. The number of likely N-dealkylation sites (N-methyl/N-ethyl adjacent to an activating group) is 1. The third-order valence-electron chi connectivity index (χ3n) is 3.36. The van der Waals surface area contributed by atoms with Crippen molar-refractivity contribution in [1.82, 2.24) is 10.2 Å². The largest absolute Gasteiger partial charge is 0.302 e. The van der Waals surface area contributed by atoms with Crippen LogP contribution >= 0.6 is 15.9 Å². The predicted octanol–water partition coefficient (Wildman–Crippen LogP) is 1.59. The van der Waals surface area contributed by atoms with Gasteiger partial charge in [0.25, 0.3) is 5.69 Å². The van der Waals surface area contributed by atoms with E-state index in [-0.39, 0.29) is 17.5 Å². The van der Waals surface area contributed by atoms with E-state index in [1.807, 2.05) is 0 Å². The first kappa shape index (κ1) is 15.6. The van der Waals surface area contributed by atoms with Crippen LogP contribution in [0.25, 0.3) is 0 Å². The SMILES string of the molecule is CN1C(=O)CCC(NCc2cc(Br)cc([N+](=O)[O-])c2)C1=O. The number of carbonyl (C=O) groups is 2. The van der Waals surface area contributed by atoms with Crippen molar-refractivity contribution in [3.05, 3.63) is 38.3 Å². The molecule has 1 aromatic carbocycles. The topological polar surface area (TPSA) is 92.6 Å². The number of non-ortho nitro benzene ring substituents is 1. The first-order valence-electron chi connectivity index (χ1n) is 6.36. The summed E-state index contributed by atoms with van der Waals surface area (Å²) >= 11 is 3.22. The molecule has 21 heavy (non-hydrogen) atoms. The summed E-state index contributed by atoms with van der Waals surface area (Å²) in [4.78, 5) is 34.8. The summed E-state index contributed by atoms with van der Waals surface area (Å²) in [6, 6.07) is 4.19. The summed E-state index contributed by atoms with van der Waals surface area (Å²) in [5.41, 5.74) is 0.687. The molecule has 1 unspecified atom stereocenters. The molecule has 112 valence electrons. The Balaban J connectivity index is 2.05. The third-order valence-corrected chi connectivity index (χ3v) is 3.81. The maximum absolute atomic E-state index is 11.9. The molecule has 8 heteroatoms. The maximum Gasteiger partial charge on any atom is 0.270 e. The highest BCUT2D eigenvalue weighted by Gasteiger charge is 2.31. The molecule has 0 saturated carbocycles. The molecule has 2 rings (SSSR count). The monoisotopic (exact) mass is 355 g/mol. The average molecular weight is 356 g/mol. The number of halogens is 1. The fraction of sp³-hybridized carbons (Fsp3) is 0.385. The number of piperidine rings is 1. The standard InChI is InChI=1S/C13H14BrN3O4/c1-16-12(18)3-2-11(13(16)19)15-7-8-4-9(14)6-10(5-8)17(20)21/h4-6,11,15H,2-3,7H2,1H3. The van der Waals surface area contributed by atoms with Gasteiger partial charge in [-0.2, -0.15) is 0 Å². The lowest BCUT2D eigenvalue weighted by Gasteiger charge is -2.28. The van der Waals surface area contributed by atoms with E-state index in [0.717, 1.165) is 4.90 Å². The van der Waals surface area contributed by atoms with Gasteiger partial charge in [0.1, 0.15) is 0 Å². The van der Waals surface area contributed by atoms with Crippen LogP contribution in [0.2, 0.25) is 0 Å². The number of imide groups is 1. The molecule has 1 N–H and O–H groups in total. The number of likely N-dealkylation sites (tertiary alicyclic amines) is 1. The lowest BCUT2D eigenvalue weighted by molar-refractivity contribution is -0.385.